The minimum Gasteiger partial charge on any atom is -0.493 e. The molecule has 2 heterocycles. The van der Waals surface area contributed by atoms with Gasteiger partial charge in [-0.15, -0.1) is 0 Å². The molecule has 8 nitrogen and oxygen atoms in total. The van der Waals surface area contributed by atoms with E-state index in [1.54, 1.807) is 19.2 Å². The van der Waals surface area contributed by atoms with Crippen molar-refractivity contribution in [3.63, 3.8) is 0 Å². The molecule has 1 aliphatic rings. The van der Waals surface area contributed by atoms with Crippen molar-refractivity contribution in [3.8, 4) is 23.0 Å². The van der Waals surface area contributed by atoms with Gasteiger partial charge in [0.05, 0.1) is 29.8 Å². The molecule has 1 fully saturated rings. The number of carbonyl (C=O) groups excluding carboxylic acids is 1. The zero-order valence-corrected chi connectivity index (χ0v) is 21.6. The van der Waals surface area contributed by atoms with Crippen LogP contribution in [0.25, 0.3) is 11.5 Å². The zero-order chi connectivity index (χ0) is 25.4. The molecule has 3 N–H and O–H groups in total. The monoisotopic (exact) mass is 520 g/mol. The number of halogens is 2. The standard InChI is InChI=1S/C23H24Cl2N4O4.C2H6/c1-31-18-7-6-13(8-19(18)32-14-4-2-3-5-14)23-29-21(20(9-26)33-23)22(30)28-10-15-16(24)11-27-12-17(15)25;1-2/h6-8,11-12,14H,2-5,9-10,26H2,1H3,(H,28,30);1-2H3. The fraction of sp³-hybridized carbons (Fsp3) is 0.400. The summed E-state index contributed by atoms with van der Waals surface area (Å²) in [5.74, 6) is 1.32. The normalized spacial score (nSPS) is 13.2. The van der Waals surface area contributed by atoms with E-state index in [1.165, 1.54) is 12.4 Å². The first-order valence-corrected chi connectivity index (χ1v) is 12.4. The Morgan fingerprint density at radius 2 is 1.86 bits per heavy atom. The average Bonchev–Trinajstić information content (AvgIpc) is 3.55. The molecule has 4 rings (SSSR count). The van der Waals surface area contributed by atoms with Crippen LogP contribution in [0.2, 0.25) is 10.0 Å². The lowest BCUT2D eigenvalue weighted by atomic mass is 10.2. The number of nitrogens with two attached hydrogens (primary N) is 1. The molecule has 0 aliphatic heterocycles. The summed E-state index contributed by atoms with van der Waals surface area (Å²) in [7, 11) is 1.60. The van der Waals surface area contributed by atoms with Crippen LogP contribution in [-0.2, 0) is 13.1 Å². The number of pyridine rings is 1. The topological polar surface area (TPSA) is 112 Å². The Labute approximate surface area is 215 Å². The van der Waals surface area contributed by atoms with Gasteiger partial charge in [-0.25, -0.2) is 4.98 Å². The highest BCUT2D eigenvalue weighted by molar-refractivity contribution is 6.35. The fourth-order valence-corrected chi connectivity index (χ4v) is 4.24. The van der Waals surface area contributed by atoms with Crippen LogP contribution in [0.1, 0.15) is 61.3 Å². The number of hydrogen-bond donors (Lipinski definition) is 2. The van der Waals surface area contributed by atoms with Crippen LogP contribution in [-0.4, -0.2) is 29.1 Å². The lowest BCUT2D eigenvalue weighted by Gasteiger charge is -2.16. The van der Waals surface area contributed by atoms with Crippen molar-refractivity contribution in [3.05, 3.63) is 57.7 Å². The number of oxazole rings is 1. The number of rotatable bonds is 8. The number of ether oxygens (including phenoxy) is 2. The number of hydrogen-bond acceptors (Lipinski definition) is 7. The van der Waals surface area contributed by atoms with Gasteiger partial charge in [-0.1, -0.05) is 37.0 Å². The second-order valence-electron chi connectivity index (χ2n) is 7.65. The van der Waals surface area contributed by atoms with Gasteiger partial charge in [0.1, 0.15) is 0 Å². The van der Waals surface area contributed by atoms with Crippen LogP contribution < -0.4 is 20.5 Å². The Hall–Kier alpha value is -2.81. The van der Waals surface area contributed by atoms with E-state index in [0.29, 0.717) is 32.7 Å². The molecular weight excluding hydrogens is 491 g/mol. The second-order valence-corrected chi connectivity index (χ2v) is 8.46. The first kappa shape index (κ1) is 26.8. The third kappa shape index (κ3) is 6.45. The summed E-state index contributed by atoms with van der Waals surface area (Å²) in [5, 5.41) is 3.47. The van der Waals surface area contributed by atoms with Gasteiger partial charge in [-0.05, 0) is 43.9 Å². The molecule has 0 unspecified atom stereocenters. The Balaban J connectivity index is 0.00000167. The number of amides is 1. The molecule has 0 radical (unpaired) electrons. The van der Waals surface area contributed by atoms with Gasteiger partial charge in [0, 0.05) is 30.1 Å². The summed E-state index contributed by atoms with van der Waals surface area (Å²) < 4.78 is 17.4. The van der Waals surface area contributed by atoms with Gasteiger partial charge in [0.2, 0.25) is 5.89 Å². The number of methoxy groups -OCH3 is 1. The minimum absolute atomic E-state index is 0.00804. The summed E-state index contributed by atoms with van der Waals surface area (Å²) in [6.45, 7) is 4.11. The molecule has 0 bridgehead atoms. The van der Waals surface area contributed by atoms with E-state index >= 15 is 0 Å². The minimum atomic E-state index is -0.453. The van der Waals surface area contributed by atoms with Crippen molar-refractivity contribution < 1.29 is 18.7 Å². The molecule has 1 amide bonds. The summed E-state index contributed by atoms with van der Waals surface area (Å²) in [6, 6.07) is 5.39. The molecule has 0 atom stereocenters. The predicted octanol–water partition coefficient (Wildman–Crippen LogP) is 5.79. The second kappa shape index (κ2) is 12.8. The first-order chi connectivity index (χ1) is 17.0. The molecule has 1 aromatic carbocycles. The fourth-order valence-electron chi connectivity index (χ4n) is 3.74. The average molecular weight is 521 g/mol. The molecule has 35 heavy (non-hydrogen) atoms. The van der Waals surface area contributed by atoms with Gasteiger partial charge in [-0.3, -0.25) is 9.78 Å². The lowest BCUT2D eigenvalue weighted by molar-refractivity contribution is 0.0944. The van der Waals surface area contributed by atoms with Gasteiger partial charge >= 0.3 is 0 Å². The van der Waals surface area contributed by atoms with Crippen LogP contribution in [0.4, 0.5) is 0 Å². The summed E-state index contributed by atoms with van der Waals surface area (Å²) in [4.78, 5) is 21.1. The van der Waals surface area contributed by atoms with Crippen molar-refractivity contribution in [1.29, 1.82) is 0 Å². The van der Waals surface area contributed by atoms with Crippen LogP contribution in [0.15, 0.2) is 35.0 Å². The van der Waals surface area contributed by atoms with E-state index < -0.39 is 5.91 Å². The Bertz CT molecular complexity index is 1130. The SMILES string of the molecule is CC.COc1ccc(-c2nc(C(=O)NCc3c(Cl)cncc3Cl)c(CN)o2)cc1OC1CCCC1. The predicted molar refractivity (Wildman–Crippen MR) is 136 cm³/mol. The molecule has 2 aromatic heterocycles. The number of benzene rings is 1. The Kier molecular flexibility index (Phi) is 9.77. The molecule has 1 saturated carbocycles. The van der Waals surface area contributed by atoms with E-state index in [1.807, 2.05) is 19.9 Å². The van der Waals surface area contributed by atoms with Gasteiger partial charge in [-0.2, -0.15) is 0 Å². The zero-order valence-electron chi connectivity index (χ0n) is 20.1. The molecule has 0 saturated heterocycles. The molecule has 10 heteroatoms. The molecular formula is C25H30Cl2N4O4. The Morgan fingerprint density at radius 1 is 1.17 bits per heavy atom. The van der Waals surface area contributed by atoms with Gasteiger partial charge in [0.15, 0.2) is 23.0 Å². The highest BCUT2D eigenvalue weighted by Gasteiger charge is 2.23. The number of carbonyl (C=O) groups is 1. The number of nitrogens with one attached hydrogen (secondary N) is 1. The van der Waals surface area contributed by atoms with Gasteiger partial charge in [0.25, 0.3) is 5.91 Å². The summed E-state index contributed by atoms with van der Waals surface area (Å²) in [5.41, 5.74) is 7.12. The quantitative estimate of drug-likeness (QED) is 0.386. The highest BCUT2D eigenvalue weighted by atomic mass is 35.5. The van der Waals surface area contributed by atoms with Crippen molar-refractivity contribution in [2.75, 3.05) is 7.11 Å². The maximum Gasteiger partial charge on any atom is 0.273 e. The third-order valence-corrected chi connectivity index (χ3v) is 6.13. The molecule has 1 aliphatic carbocycles. The number of nitrogens with zero attached hydrogens (tertiary/aromatic N) is 2. The van der Waals surface area contributed by atoms with Gasteiger partial charge < -0.3 is 24.9 Å². The van der Waals surface area contributed by atoms with E-state index in [-0.39, 0.29) is 36.5 Å². The van der Waals surface area contributed by atoms with Crippen LogP contribution >= 0.6 is 23.2 Å². The van der Waals surface area contributed by atoms with Crippen LogP contribution in [0.5, 0.6) is 11.5 Å². The molecule has 188 valence electrons. The largest absolute Gasteiger partial charge is 0.493 e. The maximum atomic E-state index is 12.8. The van der Waals surface area contributed by atoms with E-state index in [4.69, 9.17) is 42.8 Å². The van der Waals surface area contributed by atoms with E-state index in [2.05, 4.69) is 15.3 Å². The Morgan fingerprint density at radius 3 is 2.49 bits per heavy atom. The van der Waals surface area contributed by atoms with Crippen molar-refractivity contribution in [1.82, 2.24) is 15.3 Å². The first-order valence-electron chi connectivity index (χ1n) is 11.6. The van der Waals surface area contributed by atoms with Crippen molar-refractivity contribution >= 4 is 29.1 Å². The highest BCUT2D eigenvalue weighted by Crippen LogP contribution is 2.35. The summed E-state index contributed by atoms with van der Waals surface area (Å²) in [6.07, 6.45) is 7.42. The van der Waals surface area contributed by atoms with Crippen LogP contribution in [0.3, 0.4) is 0 Å². The summed E-state index contributed by atoms with van der Waals surface area (Å²) >= 11 is 12.3. The van der Waals surface area contributed by atoms with E-state index in [9.17, 15) is 4.79 Å². The molecule has 0 spiro atoms. The molecule has 3 aromatic rings. The maximum absolute atomic E-state index is 12.8. The smallest absolute Gasteiger partial charge is 0.273 e. The van der Waals surface area contributed by atoms with Crippen molar-refractivity contribution in [2.24, 2.45) is 5.73 Å². The van der Waals surface area contributed by atoms with Crippen LogP contribution in [0, 0.1) is 0 Å². The van der Waals surface area contributed by atoms with Crippen molar-refractivity contribution in [2.45, 2.75) is 58.7 Å². The third-order valence-electron chi connectivity index (χ3n) is 5.48. The van der Waals surface area contributed by atoms with E-state index in [0.717, 1.165) is 25.7 Å². The number of aromatic nitrogens is 2. The lowest BCUT2D eigenvalue weighted by Crippen LogP contribution is -2.25.